The van der Waals surface area contributed by atoms with E-state index in [4.69, 9.17) is 0 Å². The molecule has 0 fully saturated rings. The first-order chi connectivity index (χ1) is 8.26. The molecule has 0 aromatic heterocycles. The molecule has 0 saturated carbocycles. The summed E-state index contributed by atoms with van der Waals surface area (Å²) in [7, 11) is -4.36. The maximum absolute atomic E-state index is 11.5. The second-order valence-electron chi connectivity index (χ2n) is 6.81. The lowest BCUT2D eigenvalue weighted by Crippen LogP contribution is -2.20. The van der Waals surface area contributed by atoms with E-state index in [-0.39, 0.29) is 21.6 Å². The molecule has 0 bridgehead atoms. The number of aromatic hydroxyl groups is 1. The standard InChI is InChI=1S/C14H22O4S/c1-13(2,3)9-7-8-10(19(16,17)18)11(12(9)15)14(4,5)6/h7-8,15H,1-6H3,(H,16,17,18). The molecule has 1 aromatic carbocycles. The second kappa shape index (κ2) is 4.49. The Hall–Kier alpha value is -1.07. The van der Waals surface area contributed by atoms with E-state index in [1.54, 1.807) is 26.8 Å². The van der Waals surface area contributed by atoms with E-state index in [0.29, 0.717) is 5.56 Å². The van der Waals surface area contributed by atoms with Gasteiger partial charge >= 0.3 is 0 Å². The fourth-order valence-corrected chi connectivity index (χ4v) is 3.02. The molecule has 0 atom stereocenters. The Labute approximate surface area is 115 Å². The van der Waals surface area contributed by atoms with Gasteiger partial charge in [-0.1, -0.05) is 47.6 Å². The van der Waals surface area contributed by atoms with Crippen molar-refractivity contribution in [2.24, 2.45) is 0 Å². The molecule has 108 valence electrons. The van der Waals surface area contributed by atoms with Gasteiger partial charge in [-0.2, -0.15) is 8.42 Å². The van der Waals surface area contributed by atoms with Crippen molar-refractivity contribution in [3.63, 3.8) is 0 Å². The van der Waals surface area contributed by atoms with Gasteiger partial charge in [0, 0.05) is 5.56 Å². The van der Waals surface area contributed by atoms with E-state index < -0.39 is 15.5 Å². The van der Waals surface area contributed by atoms with E-state index in [1.165, 1.54) is 6.07 Å². The molecule has 0 unspecified atom stereocenters. The molecular formula is C14H22O4S. The van der Waals surface area contributed by atoms with Crippen LogP contribution in [0, 0.1) is 0 Å². The number of rotatable bonds is 1. The third kappa shape index (κ3) is 3.28. The molecule has 0 amide bonds. The lowest BCUT2D eigenvalue weighted by atomic mass is 9.79. The van der Waals surface area contributed by atoms with Gasteiger partial charge in [-0.05, 0) is 22.5 Å². The number of hydrogen-bond donors (Lipinski definition) is 2. The highest BCUT2D eigenvalue weighted by atomic mass is 32.2. The molecule has 4 nitrogen and oxygen atoms in total. The van der Waals surface area contributed by atoms with Crippen LogP contribution in [0.1, 0.15) is 52.7 Å². The van der Waals surface area contributed by atoms with Gasteiger partial charge in [-0.15, -0.1) is 0 Å². The Bertz CT molecular complexity index is 587. The van der Waals surface area contributed by atoms with Crippen LogP contribution < -0.4 is 0 Å². The van der Waals surface area contributed by atoms with Gasteiger partial charge in [-0.3, -0.25) is 4.55 Å². The summed E-state index contributed by atoms with van der Waals surface area (Å²) in [5, 5.41) is 10.4. The van der Waals surface area contributed by atoms with Crippen LogP contribution in [-0.4, -0.2) is 18.1 Å². The lowest BCUT2D eigenvalue weighted by Gasteiger charge is -2.28. The summed E-state index contributed by atoms with van der Waals surface area (Å²) in [6, 6.07) is 2.91. The van der Waals surface area contributed by atoms with Gasteiger partial charge in [0.1, 0.15) is 10.6 Å². The SMILES string of the molecule is CC(C)(C)c1ccc(S(=O)(=O)O)c(C(C)(C)C)c1O. The molecule has 5 heteroatoms. The van der Waals surface area contributed by atoms with Crippen molar-refractivity contribution >= 4 is 10.1 Å². The quantitative estimate of drug-likeness (QED) is 0.777. The molecule has 1 aromatic rings. The van der Waals surface area contributed by atoms with Gasteiger partial charge in [0.25, 0.3) is 10.1 Å². The van der Waals surface area contributed by atoms with Crippen LogP contribution in [0.25, 0.3) is 0 Å². The van der Waals surface area contributed by atoms with E-state index in [2.05, 4.69) is 0 Å². The number of phenols is 1. The molecule has 19 heavy (non-hydrogen) atoms. The monoisotopic (exact) mass is 286 g/mol. The molecule has 1 rings (SSSR count). The Morgan fingerprint density at radius 1 is 0.947 bits per heavy atom. The first-order valence-corrected chi connectivity index (χ1v) is 7.54. The van der Waals surface area contributed by atoms with Crippen molar-refractivity contribution in [2.75, 3.05) is 0 Å². The molecular weight excluding hydrogens is 264 g/mol. The zero-order valence-electron chi connectivity index (χ0n) is 12.3. The second-order valence-corrected chi connectivity index (χ2v) is 8.20. The highest BCUT2D eigenvalue weighted by molar-refractivity contribution is 7.85. The van der Waals surface area contributed by atoms with Crippen molar-refractivity contribution < 1.29 is 18.1 Å². The fraction of sp³-hybridized carbons (Fsp3) is 0.571. The van der Waals surface area contributed by atoms with Gasteiger partial charge < -0.3 is 5.11 Å². The molecule has 0 saturated heterocycles. The summed E-state index contributed by atoms with van der Waals surface area (Å²) in [5.41, 5.74) is -0.00885. The number of phenolic OH excluding ortho intramolecular Hbond substituents is 1. The van der Waals surface area contributed by atoms with Crippen molar-refractivity contribution in [2.45, 2.75) is 57.3 Å². The van der Waals surface area contributed by atoms with Gasteiger partial charge in [0.05, 0.1) is 0 Å². The minimum atomic E-state index is -4.36. The van der Waals surface area contributed by atoms with Crippen LogP contribution >= 0.6 is 0 Å². The highest BCUT2D eigenvalue weighted by Gasteiger charge is 2.31. The Morgan fingerprint density at radius 3 is 1.74 bits per heavy atom. The number of benzene rings is 1. The van der Waals surface area contributed by atoms with Crippen LogP contribution in [0.15, 0.2) is 17.0 Å². The Balaban J connectivity index is 3.81. The normalized spacial score (nSPS) is 13.6. The predicted octanol–water partition coefficient (Wildman–Crippen LogP) is 3.23. The number of hydrogen-bond acceptors (Lipinski definition) is 3. The van der Waals surface area contributed by atoms with Crippen LogP contribution in [0.2, 0.25) is 0 Å². The van der Waals surface area contributed by atoms with Crippen LogP contribution in [0.4, 0.5) is 0 Å². The molecule has 0 aliphatic rings. The molecule has 0 heterocycles. The van der Waals surface area contributed by atoms with E-state index in [1.807, 2.05) is 20.8 Å². The maximum Gasteiger partial charge on any atom is 0.294 e. The fourth-order valence-electron chi connectivity index (χ4n) is 2.12. The van der Waals surface area contributed by atoms with Gasteiger partial charge in [0.2, 0.25) is 0 Å². The third-order valence-corrected chi connectivity index (χ3v) is 3.87. The van der Waals surface area contributed by atoms with Gasteiger partial charge in [-0.25, -0.2) is 0 Å². The molecule has 0 radical (unpaired) electrons. The molecule has 0 spiro atoms. The maximum atomic E-state index is 11.5. The van der Waals surface area contributed by atoms with Crippen molar-refractivity contribution in [1.29, 1.82) is 0 Å². The van der Waals surface area contributed by atoms with Crippen molar-refractivity contribution in [3.8, 4) is 5.75 Å². The van der Waals surface area contributed by atoms with E-state index in [0.717, 1.165) is 0 Å². The average Bonchev–Trinajstić information content (AvgIpc) is 2.11. The topological polar surface area (TPSA) is 74.6 Å². The smallest absolute Gasteiger partial charge is 0.294 e. The van der Waals surface area contributed by atoms with Crippen molar-refractivity contribution in [3.05, 3.63) is 23.3 Å². The lowest BCUT2D eigenvalue weighted by molar-refractivity contribution is 0.413. The molecule has 0 aliphatic heterocycles. The summed E-state index contributed by atoms with van der Waals surface area (Å²) in [4.78, 5) is -0.231. The zero-order chi connectivity index (χ0) is 15.2. The van der Waals surface area contributed by atoms with Gasteiger partial charge in [0.15, 0.2) is 0 Å². The summed E-state index contributed by atoms with van der Waals surface area (Å²) >= 11 is 0. The summed E-state index contributed by atoms with van der Waals surface area (Å²) in [5.74, 6) is -0.0601. The van der Waals surface area contributed by atoms with E-state index in [9.17, 15) is 18.1 Å². The predicted molar refractivity (Wildman–Crippen MR) is 75.3 cm³/mol. The minimum Gasteiger partial charge on any atom is -0.507 e. The van der Waals surface area contributed by atoms with E-state index >= 15 is 0 Å². The molecule has 0 aliphatic carbocycles. The third-order valence-electron chi connectivity index (χ3n) is 2.98. The largest absolute Gasteiger partial charge is 0.507 e. The Kier molecular flexibility index (Phi) is 3.78. The zero-order valence-corrected chi connectivity index (χ0v) is 13.1. The first-order valence-electron chi connectivity index (χ1n) is 6.10. The summed E-state index contributed by atoms with van der Waals surface area (Å²) in [6.45, 7) is 11.2. The molecule has 2 N–H and O–H groups in total. The average molecular weight is 286 g/mol. The minimum absolute atomic E-state index is 0.0601. The summed E-state index contributed by atoms with van der Waals surface area (Å²) < 4.78 is 32.2. The first kappa shape index (κ1) is 16.0. The van der Waals surface area contributed by atoms with Crippen molar-refractivity contribution in [1.82, 2.24) is 0 Å². The highest BCUT2D eigenvalue weighted by Crippen LogP contribution is 2.42. The summed E-state index contributed by atoms with van der Waals surface area (Å²) in [6.07, 6.45) is 0. The van der Waals surface area contributed by atoms with Crippen LogP contribution in [-0.2, 0) is 20.9 Å². The van der Waals surface area contributed by atoms with Crippen LogP contribution in [0.5, 0.6) is 5.75 Å². The Morgan fingerprint density at radius 2 is 1.42 bits per heavy atom. The van der Waals surface area contributed by atoms with Crippen LogP contribution in [0.3, 0.4) is 0 Å².